The van der Waals surface area contributed by atoms with Crippen LogP contribution >= 0.6 is 0 Å². The number of amides is 1. The van der Waals surface area contributed by atoms with Crippen LogP contribution in [0.5, 0.6) is 0 Å². The van der Waals surface area contributed by atoms with Crippen molar-refractivity contribution in [2.45, 2.75) is 31.6 Å². The third kappa shape index (κ3) is 4.99. The molecule has 2 heterocycles. The number of aryl methyl sites for hydroxylation is 2. The van der Waals surface area contributed by atoms with Crippen molar-refractivity contribution in [2.24, 2.45) is 5.92 Å². The summed E-state index contributed by atoms with van der Waals surface area (Å²) in [5, 5.41) is 3.86. The van der Waals surface area contributed by atoms with Gasteiger partial charge in [-0.15, -0.1) is 0 Å². The minimum Gasteiger partial charge on any atom is -0.383 e. The molecule has 0 saturated carbocycles. The van der Waals surface area contributed by atoms with Crippen LogP contribution in [0, 0.1) is 19.8 Å². The predicted molar refractivity (Wildman–Crippen MR) is 120 cm³/mol. The van der Waals surface area contributed by atoms with Crippen LogP contribution in [0.1, 0.15) is 29.9 Å². The lowest BCUT2D eigenvalue weighted by molar-refractivity contribution is -0.123. The first-order valence-corrected chi connectivity index (χ1v) is 11.7. The van der Waals surface area contributed by atoms with E-state index in [4.69, 9.17) is 4.52 Å². The minimum atomic E-state index is -3.85. The van der Waals surface area contributed by atoms with Crippen molar-refractivity contribution in [3.63, 3.8) is 0 Å². The Hall–Kier alpha value is -2.65. The van der Waals surface area contributed by atoms with E-state index in [-0.39, 0.29) is 23.1 Å². The number of hydrogen-bond acceptors (Lipinski definition) is 6. The molecule has 3 rings (SSSR count). The molecule has 1 aliphatic rings. The molecule has 1 aromatic carbocycles. The summed E-state index contributed by atoms with van der Waals surface area (Å²) in [7, 11) is 1.55. The molecule has 1 atom stereocenters. The van der Waals surface area contributed by atoms with Crippen LogP contribution in [0.3, 0.4) is 0 Å². The Labute approximate surface area is 184 Å². The first kappa shape index (κ1) is 23.0. The molecule has 0 spiro atoms. The summed E-state index contributed by atoms with van der Waals surface area (Å²) in [5.74, 6) is -0.299. The molecule has 1 fully saturated rings. The fourth-order valence-electron chi connectivity index (χ4n) is 3.74. The van der Waals surface area contributed by atoms with Crippen molar-refractivity contribution < 1.29 is 17.7 Å². The first-order valence-electron chi connectivity index (χ1n) is 10.3. The van der Waals surface area contributed by atoms with Crippen molar-refractivity contribution in [2.75, 3.05) is 39.1 Å². The van der Waals surface area contributed by atoms with Gasteiger partial charge >= 0.3 is 0 Å². The number of rotatable bonds is 6. The molecule has 9 heteroatoms. The highest BCUT2D eigenvalue weighted by molar-refractivity contribution is 7.89. The van der Waals surface area contributed by atoms with Crippen molar-refractivity contribution in [3.8, 4) is 0 Å². The predicted octanol–water partition coefficient (Wildman–Crippen LogP) is 2.89. The van der Waals surface area contributed by atoms with E-state index in [1.165, 1.54) is 4.31 Å². The molecule has 1 saturated heterocycles. The molecule has 2 aromatic rings. The first-order chi connectivity index (χ1) is 14.6. The van der Waals surface area contributed by atoms with Gasteiger partial charge in [-0.2, -0.15) is 4.31 Å². The molecule has 168 valence electrons. The van der Waals surface area contributed by atoms with Gasteiger partial charge in [0.2, 0.25) is 15.9 Å². The third-order valence-corrected chi connectivity index (χ3v) is 7.43. The smallest absolute Gasteiger partial charge is 0.248 e. The van der Waals surface area contributed by atoms with Crippen LogP contribution in [0.4, 0.5) is 5.69 Å². The van der Waals surface area contributed by atoms with Crippen LogP contribution in [0.15, 0.2) is 39.9 Å². The number of nitrogens with zero attached hydrogens (tertiary/aromatic N) is 4. The summed E-state index contributed by atoms with van der Waals surface area (Å²) in [5.41, 5.74) is 2.17. The summed E-state index contributed by atoms with van der Waals surface area (Å²) in [6.45, 7) is 4.09. The maximum Gasteiger partial charge on any atom is 0.248 e. The highest BCUT2D eigenvalue weighted by Gasteiger charge is 2.37. The zero-order valence-corrected chi connectivity index (χ0v) is 19.5. The normalized spacial score (nSPS) is 17.8. The topological polar surface area (TPSA) is 87.0 Å². The van der Waals surface area contributed by atoms with E-state index in [0.717, 1.165) is 11.3 Å². The molecule has 0 N–H and O–H groups in total. The Bertz CT molecular complexity index is 1070. The molecule has 1 amide bonds. The standard InChI is InChI=1S/C22H30N4O4S/c1-16-8-6-10-19(14-16)25(5)22(27)18-9-7-12-26(15-18)31(28,29)21-17(2)23-30-20(21)11-13-24(3)4/h6,8,10-11,13-14,18H,7,9,12,15H2,1-5H3/b13-11+/t18-/m0/s1. The zero-order chi connectivity index (χ0) is 22.8. The quantitative estimate of drug-likeness (QED) is 0.678. The highest BCUT2D eigenvalue weighted by Crippen LogP contribution is 2.30. The summed E-state index contributed by atoms with van der Waals surface area (Å²) >= 11 is 0. The van der Waals surface area contributed by atoms with E-state index in [1.807, 2.05) is 45.3 Å². The summed E-state index contributed by atoms with van der Waals surface area (Å²) in [4.78, 5) is 16.6. The Morgan fingerprint density at radius 3 is 2.68 bits per heavy atom. The Morgan fingerprint density at radius 2 is 2.00 bits per heavy atom. The molecule has 0 aliphatic carbocycles. The number of sulfonamides is 1. The summed E-state index contributed by atoms with van der Waals surface area (Å²) in [6.07, 6.45) is 4.56. The third-order valence-electron chi connectivity index (χ3n) is 5.41. The van der Waals surface area contributed by atoms with Gasteiger partial charge in [-0.05, 0) is 44.4 Å². The van der Waals surface area contributed by atoms with E-state index < -0.39 is 15.9 Å². The van der Waals surface area contributed by atoms with Crippen LogP contribution in [-0.2, 0) is 14.8 Å². The maximum atomic E-state index is 13.4. The number of anilines is 1. The van der Waals surface area contributed by atoms with Crippen molar-refractivity contribution in [1.29, 1.82) is 0 Å². The number of hydrogen-bond donors (Lipinski definition) is 0. The van der Waals surface area contributed by atoms with E-state index in [9.17, 15) is 13.2 Å². The van der Waals surface area contributed by atoms with Gasteiger partial charge in [-0.1, -0.05) is 17.3 Å². The highest BCUT2D eigenvalue weighted by atomic mass is 32.2. The zero-order valence-electron chi connectivity index (χ0n) is 18.7. The SMILES string of the molecule is Cc1cccc(N(C)C(=O)[C@H]2CCCN(S(=O)(=O)c3c(C)noc3/C=C/N(C)C)C2)c1. The molecule has 0 unspecified atom stereocenters. The van der Waals surface area contributed by atoms with E-state index >= 15 is 0 Å². The largest absolute Gasteiger partial charge is 0.383 e. The summed E-state index contributed by atoms with van der Waals surface area (Å²) in [6, 6.07) is 7.70. The molecule has 1 aromatic heterocycles. The lowest BCUT2D eigenvalue weighted by Crippen LogP contribution is -2.46. The van der Waals surface area contributed by atoms with Crippen LogP contribution in [0.25, 0.3) is 6.08 Å². The Morgan fingerprint density at radius 1 is 1.26 bits per heavy atom. The lowest BCUT2D eigenvalue weighted by atomic mass is 9.98. The van der Waals surface area contributed by atoms with Crippen molar-refractivity contribution in [3.05, 3.63) is 47.5 Å². The second-order valence-electron chi connectivity index (χ2n) is 8.18. The van der Waals surface area contributed by atoms with Gasteiger partial charge in [0.1, 0.15) is 5.69 Å². The number of piperidine rings is 1. The monoisotopic (exact) mass is 446 g/mol. The Kier molecular flexibility index (Phi) is 6.86. The number of carbonyl (C=O) groups is 1. The van der Waals surface area contributed by atoms with Gasteiger partial charge in [0.15, 0.2) is 10.7 Å². The fourth-order valence-corrected chi connectivity index (χ4v) is 5.52. The van der Waals surface area contributed by atoms with Gasteiger partial charge < -0.3 is 14.3 Å². The van der Waals surface area contributed by atoms with Gasteiger partial charge in [-0.3, -0.25) is 4.79 Å². The average Bonchev–Trinajstić information content (AvgIpc) is 3.12. The van der Waals surface area contributed by atoms with Crippen molar-refractivity contribution >= 4 is 27.7 Å². The van der Waals surface area contributed by atoms with Crippen LogP contribution in [-0.4, -0.2) is 62.9 Å². The minimum absolute atomic E-state index is 0.0609. The van der Waals surface area contributed by atoms with Gasteiger partial charge in [0.05, 0.1) is 5.92 Å². The van der Waals surface area contributed by atoms with Crippen LogP contribution < -0.4 is 4.90 Å². The fraction of sp³-hybridized carbons (Fsp3) is 0.455. The van der Waals surface area contributed by atoms with Gasteiger partial charge in [0, 0.05) is 52.2 Å². The van der Waals surface area contributed by atoms with Crippen LogP contribution in [0.2, 0.25) is 0 Å². The average molecular weight is 447 g/mol. The molecule has 8 nitrogen and oxygen atoms in total. The molecule has 31 heavy (non-hydrogen) atoms. The lowest BCUT2D eigenvalue weighted by Gasteiger charge is -2.33. The molecule has 1 aliphatic heterocycles. The maximum absolute atomic E-state index is 13.4. The number of benzene rings is 1. The van der Waals surface area contributed by atoms with E-state index in [2.05, 4.69) is 5.16 Å². The Balaban J connectivity index is 1.83. The number of carbonyl (C=O) groups excluding carboxylic acids is 1. The molecular weight excluding hydrogens is 416 g/mol. The van der Waals surface area contributed by atoms with E-state index in [1.54, 1.807) is 36.0 Å². The molecular formula is C22H30N4O4S. The molecule has 0 bridgehead atoms. The molecule has 0 radical (unpaired) electrons. The number of aromatic nitrogens is 1. The van der Waals surface area contributed by atoms with E-state index in [0.29, 0.717) is 25.1 Å². The second-order valence-corrected chi connectivity index (χ2v) is 10.1. The van der Waals surface area contributed by atoms with Gasteiger partial charge in [-0.25, -0.2) is 8.42 Å². The second kappa shape index (κ2) is 9.23. The summed E-state index contributed by atoms with van der Waals surface area (Å²) < 4.78 is 33.5. The van der Waals surface area contributed by atoms with Gasteiger partial charge in [0.25, 0.3) is 0 Å². The van der Waals surface area contributed by atoms with Crippen molar-refractivity contribution in [1.82, 2.24) is 14.4 Å².